The minimum absolute atomic E-state index is 0.0184. The summed E-state index contributed by atoms with van der Waals surface area (Å²) in [6, 6.07) is -0.457. The molecule has 1 aliphatic heterocycles. The number of hydrogen-bond acceptors (Lipinski definition) is 5. The van der Waals surface area contributed by atoms with Gasteiger partial charge in [0.1, 0.15) is 13.2 Å². The summed E-state index contributed by atoms with van der Waals surface area (Å²) in [5.41, 5.74) is 0. The number of carbonyl (C=O) groups excluding carboxylic acids is 1. The maximum atomic E-state index is 11.8. The van der Waals surface area contributed by atoms with Gasteiger partial charge >= 0.3 is 5.97 Å². The van der Waals surface area contributed by atoms with Gasteiger partial charge in [0.05, 0.1) is 18.1 Å². The fourth-order valence-electron chi connectivity index (χ4n) is 1.85. The number of carboxylic acids is 1. The van der Waals surface area contributed by atoms with Crippen molar-refractivity contribution >= 4 is 21.7 Å². The molecule has 19 heavy (non-hydrogen) atoms. The van der Waals surface area contributed by atoms with E-state index in [0.29, 0.717) is 6.42 Å². The summed E-state index contributed by atoms with van der Waals surface area (Å²) in [5.74, 6) is 0.529. The Kier molecular flexibility index (Phi) is 5.32. The van der Waals surface area contributed by atoms with Gasteiger partial charge in [-0.05, 0) is 6.42 Å². The van der Waals surface area contributed by atoms with Crippen LogP contribution in [-0.4, -0.2) is 67.6 Å². The van der Waals surface area contributed by atoms with Gasteiger partial charge in [0.25, 0.3) is 0 Å². The van der Waals surface area contributed by atoms with E-state index in [4.69, 9.17) is 11.5 Å². The van der Waals surface area contributed by atoms with E-state index in [9.17, 15) is 18.0 Å². The molecule has 0 aliphatic carbocycles. The van der Waals surface area contributed by atoms with Crippen LogP contribution in [0.2, 0.25) is 0 Å². The fraction of sp³-hybridized carbons (Fsp3) is 0.636. The first-order valence-electron chi connectivity index (χ1n) is 5.58. The number of terminal acetylenes is 1. The second-order valence-corrected chi connectivity index (χ2v) is 6.40. The highest BCUT2D eigenvalue weighted by Gasteiger charge is 2.34. The molecule has 0 saturated carbocycles. The van der Waals surface area contributed by atoms with E-state index >= 15 is 0 Å². The average molecular weight is 289 g/mol. The maximum absolute atomic E-state index is 11.8. The van der Waals surface area contributed by atoms with Crippen LogP contribution in [0.1, 0.15) is 6.42 Å². The molecule has 1 saturated heterocycles. The number of carbonyl (C=O) groups is 2. The van der Waals surface area contributed by atoms with Crippen LogP contribution in [0.3, 0.4) is 0 Å². The zero-order chi connectivity index (χ0) is 14.5. The molecule has 106 valence electrons. The Morgan fingerprint density at radius 3 is 2.58 bits per heavy atom. The van der Waals surface area contributed by atoms with Crippen molar-refractivity contribution in [1.29, 1.82) is 0 Å². The van der Waals surface area contributed by atoms with Crippen LogP contribution in [0, 0.1) is 12.3 Å². The van der Waals surface area contributed by atoms with Crippen LogP contribution in [0.25, 0.3) is 0 Å². The van der Waals surface area contributed by atoms with Gasteiger partial charge < -0.3 is 14.7 Å². The Hall–Kier alpha value is -1.59. The zero-order valence-electron chi connectivity index (χ0n) is 10.2. The van der Waals surface area contributed by atoms with Crippen LogP contribution in [0.4, 0.5) is 0 Å². The lowest BCUT2D eigenvalue weighted by molar-refractivity contribution is -0.146. The number of rotatable bonds is 6. The maximum Gasteiger partial charge on any atom is 0.329 e. The highest BCUT2D eigenvalue weighted by atomic mass is 32.2. The topological polar surface area (TPSA) is 101 Å². The number of ether oxygens (including phenoxy) is 1. The molecular formula is C11H15NO6S. The largest absolute Gasteiger partial charge is 0.480 e. The Balaban J connectivity index is 2.60. The van der Waals surface area contributed by atoms with E-state index in [1.807, 2.05) is 0 Å². The molecule has 1 atom stereocenters. The van der Waals surface area contributed by atoms with E-state index < -0.39 is 41.0 Å². The first kappa shape index (κ1) is 15.5. The van der Waals surface area contributed by atoms with Gasteiger partial charge in [0.15, 0.2) is 9.84 Å². The molecule has 1 rings (SSSR count). The number of aliphatic carboxylic acids is 1. The highest BCUT2D eigenvalue weighted by molar-refractivity contribution is 7.91. The van der Waals surface area contributed by atoms with Crippen molar-refractivity contribution in [2.24, 2.45) is 0 Å². The van der Waals surface area contributed by atoms with Crippen LogP contribution in [0.15, 0.2) is 0 Å². The van der Waals surface area contributed by atoms with Gasteiger partial charge in [-0.1, -0.05) is 5.92 Å². The number of hydrogen-bond donors (Lipinski definition) is 1. The SMILES string of the molecule is C#CCN(C(=O)COCC(=O)O)C1CCS(=O)(=O)C1. The minimum Gasteiger partial charge on any atom is -0.480 e. The highest BCUT2D eigenvalue weighted by Crippen LogP contribution is 2.17. The average Bonchev–Trinajstić information content (AvgIpc) is 2.65. The predicted octanol–water partition coefficient (Wildman–Crippen LogP) is -1.26. The van der Waals surface area contributed by atoms with Gasteiger partial charge in [-0.25, -0.2) is 13.2 Å². The van der Waals surface area contributed by atoms with Crippen molar-refractivity contribution in [3.63, 3.8) is 0 Å². The number of amides is 1. The number of nitrogens with zero attached hydrogens (tertiary/aromatic N) is 1. The lowest BCUT2D eigenvalue weighted by atomic mass is 10.2. The lowest BCUT2D eigenvalue weighted by Crippen LogP contribution is -2.43. The van der Waals surface area contributed by atoms with Crippen LogP contribution in [0.5, 0.6) is 0 Å². The molecule has 1 heterocycles. The molecule has 1 fully saturated rings. The Morgan fingerprint density at radius 2 is 2.11 bits per heavy atom. The zero-order valence-corrected chi connectivity index (χ0v) is 11.1. The normalized spacial score (nSPS) is 20.7. The molecule has 0 bridgehead atoms. The molecule has 1 N–H and O–H groups in total. The Labute approximate surface area is 111 Å². The van der Waals surface area contributed by atoms with Crippen LogP contribution < -0.4 is 0 Å². The van der Waals surface area contributed by atoms with Crippen molar-refractivity contribution in [2.75, 3.05) is 31.3 Å². The standard InChI is InChI=1S/C11H15NO6S/c1-2-4-12(9-3-5-19(16,17)8-9)10(13)6-18-7-11(14)15/h1,9H,3-8H2,(H,14,15). The Bertz CT molecular complexity index is 492. The smallest absolute Gasteiger partial charge is 0.329 e. The molecule has 0 spiro atoms. The molecule has 7 nitrogen and oxygen atoms in total. The molecule has 1 unspecified atom stereocenters. The third-order valence-electron chi connectivity index (χ3n) is 2.68. The molecule has 1 amide bonds. The van der Waals surface area contributed by atoms with E-state index in [1.165, 1.54) is 4.90 Å². The summed E-state index contributed by atoms with van der Waals surface area (Å²) < 4.78 is 27.4. The predicted molar refractivity (Wildman–Crippen MR) is 66.1 cm³/mol. The number of sulfone groups is 1. The summed E-state index contributed by atoms with van der Waals surface area (Å²) >= 11 is 0. The van der Waals surface area contributed by atoms with Crippen molar-refractivity contribution in [3.8, 4) is 12.3 Å². The van der Waals surface area contributed by atoms with E-state index in [0.717, 1.165) is 0 Å². The summed E-state index contributed by atoms with van der Waals surface area (Å²) in [6.07, 6.45) is 5.49. The Morgan fingerprint density at radius 1 is 1.42 bits per heavy atom. The van der Waals surface area contributed by atoms with Gasteiger partial charge in [0, 0.05) is 6.04 Å². The fourth-order valence-corrected chi connectivity index (χ4v) is 3.58. The van der Waals surface area contributed by atoms with Gasteiger partial charge in [-0.15, -0.1) is 6.42 Å². The van der Waals surface area contributed by atoms with Crippen molar-refractivity contribution in [3.05, 3.63) is 0 Å². The van der Waals surface area contributed by atoms with E-state index in [2.05, 4.69) is 10.7 Å². The van der Waals surface area contributed by atoms with Gasteiger partial charge in [0.2, 0.25) is 5.91 Å². The van der Waals surface area contributed by atoms with E-state index in [-0.39, 0.29) is 18.1 Å². The lowest BCUT2D eigenvalue weighted by Gasteiger charge is -2.25. The minimum atomic E-state index is -3.12. The molecule has 0 aromatic carbocycles. The van der Waals surface area contributed by atoms with Crippen molar-refractivity contribution < 1.29 is 27.9 Å². The molecule has 0 radical (unpaired) electrons. The summed E-state index contributed by atoms with van der Waals surface area (Å²) in [4.78, 5) is 23.3. The summed E-state index contributed by atoms with van der Waals surface area (Å²) in [6.45, 7) is -1.03. The van der Waals surface area contributed by atoms with E-state index in [1.54, 1.807) is 0 Å². The second-order valence-electron chi connectivity index (χ2n) is 4.17. The molecule has 1 aliphatic rings. The molecule has 8 heteroatoms. The number of carboxylic acid groups (broad SMARTS) is 1. The second kappa shape index (κ2) is 6.54. The van der Waals surface area contributed by atoms with Crippen molar-refractivity contribution in [1.82, 2.24) is 4.90 Å². The van der Waals surface area contributed by atoms with Gasteiger partial charge in [-0.2, -0.15) is 0 Å². The molecular weight excluding hydrogens is 274 g/mol. The van der Waals surface area contributed by atoms with Crippen molar-refractivity contribution in [2.45, 2.75) is 12.5 Å². The third-order valence-corrected chi connectivity index (χ3v) is 4.43. The quantitative estimate of drug-likeness (QED) is 0.612. The monoisotopic (exact) mass is 289 g/mol. The van der Waals surface area contributed by atoms with Crippen LogP contribution in [-0.2, 0) is 24.2 Å². The summed E-state index contributed by atoms with van der Waals surface area (Å²) in [7, 11) is -3.12. The summed E-state index contributed by atoms with van der Waals surface area (Å²) in [5, 5.41) is 8.39. The molecule has 0 aromatic rings. The first-order valence-corrected chi connectivity index (χ1v) is 7.41. The van der Waals surface area contributed by atoms with Gasteiger partial charge in [-0.3, -0.25) is 4.79 Å². The molecule has 0 aromatic heterocycles. The third kappa shape index (κ3) is 4.89. The first-order chi connectivity index (χ1) is 8.85. The van der Waals surface area contributed by atoms with Crippen LogP contribution >= 0.6 is 0 Å².